The topological polar surface area (TPSA) is 87.1 Å². The van der Waals surface area contributed by atoms with Gasteiger partial charge >= 0.3 is 5.76 Å². The Morgan fingerprint density at radius 1 is 1.48 bits per heavy atom. The van der Waals surface area contributed by atoms with Gasteiger partial charge in [0.05, 0.1) is 11.1 Å². The summed E-state index contributed by atoms with van der Waals surface area (Å²) < 4.78 is 4.93. The first-order valence-corrected chi connectivity index (χ1v) is 6.82. The van der Waals surface area contributed by atoms with E-state index in [1.807, 2.05) is 6.92 Å². The number of halogens is 1. The molecule has 1 aliphatic heterocycles. The normalized spacial score (nSPS) is 21.2. The Morgan fingerprint density at radius 2 is 2.29 bits per heavy atom. The Morgan fingerprint density at radius 3 is 2.95 bits per heavy atom. The Kier molecular flexibility index (Phi) is 4.39. The highest BCUT2D eigenvalue weighted by Crippen LogP contribution is 2.25. The van der Waals surface area contributed by atoms with Gasteiger partial charge in [-0.25, -0.2) is 4.79 Å². The van der Waals surface area contributed by atoms with Crippen LogP contribution in [-0.2, 0) is 4.79 Å². The third kappa shape index (κ3) is 2.82. The van der Waals surface area contributed by atoms with E-state index in [0.717, 1.165) is 25.8 Å². The van der Waals surface area contributed by atoms with Crippen molar-refractivity contribution >= 4 is 35.1 Å². The molecule has 1 fully saturated rings. The standard InChI is InChI=1S/C14H17N3O3.ClH/c1-2-14(6-3-7-15-14)12(18)16-9-4-5-11-10(8-9)17-13(19)20-11;/h4-5,8,15H,2-3,6-7H2,1H3,(H,16,18)(H,17,19);1H. The molecule has 6 nitrogen and oxygen atoms in total. The van der Waals surface area contributed by atoms with Crippen molar-refractivity contribution < 1.29 is 9.21 Å². The van der Waals surface area contributed by atoms with Crippen LogP contribution >= 0.6 is 12.4 Å². The van der Waals surface area contributed by atoms with E-state index in [2.05, 4.69) is 15.6 Å². The fraction of sp³-hybridized carbons (Fsp3) is 0.429. The smallest absolute Gasteiger partial charge is 0.408 e. The number of aromatic amines is 1. The van der Waals surface area contributed by atoms with Gasteiger partial charge in [0.25, 0.3) is 0 Å². The second kappa shape index (κ2) is 5.91. The van der Waals surface area contributed by atoms with E-state index in [9.17, 15) is 9.59 Å². The summed E-state index contributed by atoms with van der Waals surface area (Å²) in [6.45, 7) is 2.88. The van der Waals surface area contributed by atoms with E-state index in [1.54, 1.807) is 18.2 Å². The quantitative estimate of drug-likeness (QED) is 0.809. The van der Waals surface area contributed by atoms with E-state index in [4.69, 9.17) is 4.42 Å². The van der Waals surface area contributed by atoms with Crippen molar-refractivity contribution in [2.45, 2.75) is 31.7 Å². The lowest BCUT2D eigenvalue weighted by Gasteiger charge is -2.26. The van der Waals surface area contributed by atoms with Gasteiger partial charge in [-0.1, -0.05) is 6.92 Å². The lowest BCUT2D eigenvalue weighted by Crippen LogP contribution is -2.50. The number of carbonyl (C=O) groups is 1. The number of H-pyrrole nitrogens is 1. The predicted molar refractivity (Wildman–Crippen MR) is 83.0 cm³/mol. The molecule has 3 N–H and O–H groups in total. The number of rotatable bonds is 3. The Bertz CT molecular complexity index is 701. The lowest BCUT2D eigenvalue weighted by molar-refractivity contribution is -0.122. The minimum atomic E-state index is -0.494. The largest absolute Gasteiger partial charge is 0.417 e. The van der Waals surface area contributed by atoms with E-state index in [-0.39, 0.29) is 18.3 Å². The van der Waals surface area contributed by atoms with Crippen LogP contribution in [0.25, 0.3) is 11.1 Å². The number of hydrogen-bond acceptors (Lipinski definition) is 4. The summed E-state index contributed by atoms with van der Waals surface area (Å²) in [5, 5.41) is 6.20. The summed E-state index contributed by atoms with van der Waals surface area (Å²) in [6, 6.07) is 5.11. The Labute approximate surface area is 127 Å². The molecule has 0 aliphatic carbocycles. The number of fused-ring (bicyclic) bond motifs is 1. The Hall–Kier alpha value is -1.79. The number of aromatic nitrogens is 1. The van der Waals surface area contributed by atoms with Crippen LogP contribution < -0.4 is 16.4 Å². The maximum Gasteiger partial charge on any atom is 0.417 e. The van der Waals surface area contributed by atoms with Crippen LogP contribution in [0.5, 0.6) is 0 Å². The predicted octanol–water partition coefficient (Wildman–Crippen LogP) is 2.01. The molecule has 2 aromatic rings. The van der Waals surface area contributed by atoms with Crippen LogP contribution in [0.4, 0.5) is 5.69 Å². The van der Waals surface area contributed by atoms with Gasteiger partial charge in [0.15, 0.2) is 5.58 Å². The van der Waals surface area contributed by atoms with Gasteiger partial charge in [-0.2, -0.15) is 0 Å². The summed E-state index contributed by atoms with van der Waals surface area (Å²) in [5.41, 5.74) is 1.25. The van der Waals surface area contributed by atoms with Crippen LogP contribution in [0.1, 0.15) is 26.2 Å². The van der Waals surface area contributed by atoms with Gasteiger partial charge in [0.1, 0.15) is 0 Å². The molecule has 1 saturated heterocycles. The molecule has 1 unspecified atom stereocenters. The number of hydrogen-bond donors (Lipinski definition) is 3. The highest BCUT2D eigenvalue weighted by Gasteiger charge is 2.39. The van der Waals surface area contributed by atoms with Crippen molar-refractivity contribution in [2.24, 2.45) is 0 Å². The highest BCUT2D eigenvalue weighted by molar-refractivity contribution is 5.99. The molecule has 114 valence electrons. The maximum atomic E-state index is 12.4. The third-order valence-electron chi connectivity index (χ3n) is 3.96. The zero-order chi connectivity index (χ0) is 14.2. The molecule has 1 amide bonds. The van der Waals surface area contributed by atoms with Crippen LogP contribution in [0.2, 0.25) is 0 Å². The molecule has 1 aliphatic rings. The summed E-state index contributed by atoms with van der Waals surface area (Å²) >= 11 is 0. The van der Waals surface area contributed by atoms with Crippen molar-refractivity contribution in [3.05, 3.63) is 28.7 Å². The Balaban J connectivity index is 0.00000161. The van der Waals surface area contributed by atoms with Crippen LogP contribution in [0, 0.1) is 0 Å². The molecule has 21 heavy (non-hydrogen) atoms. The van der Waals surface area contributed by atoms with Crippen molar-refractivity contribution in [3.63, 3.8) is 0 Å². The second-order valence-electron chi connectivity index (χ2n) is 5.15. The second-order valence-corrected chi connectivity index (χ2v) is 5.15. The number of oxazole rings is 1. The number of amides is 1. The fourth-order valence-corrected chi connectivity index (χ4v) is 2.74. The summed E-state index contributed by atoms with van der Waals surface area (Å²) in [4.78, 5) is 26.1. The summed E-state index contributed by atoms with van der Waals surface area (Å²) in [5.74, 6) is -0.520. The van der Waals surface area contributed by atoms with Crippen LogP contribution in [-0.4, -0.2) is 23.0 Å². The minimum absolute atomic E-state index is 0. The van der Waals surface area contributed by atoms with E-state index in [1.165, 1.54) is 0 Å². The zero-order valence-electron chi connectivity index (χ0n) is 11.7. The minimum Gasteiger partial charge on any atom is -0.408 e. The first-order chi connectivity index (χ1) is 9.63. The van der Waals surface area contributed by atoms with Gasteiger partial charge < -0.3 is 15.1 Å². The number of benzene rings is 1. The SMILES string of the molecule is CCC1(C(=O)Nc2ccc3oc(=O)[nH]c3c2)CCCN1.Cl. The number of nitrogens with one attached hydrogen (secondary N) is 3. The monoisotopic (exact) mass is 311 g/mol. The number of carbonyl (C=O) groups excluding carboxylic acids is 1. The molecule has 0 saturated carbocycles. The van der Waals surface area contributed by atoms with Crippen LogP contribution in [0.15, 0.2) is 27.4 Å². The zero-order valence-corrected chi connectivity index (χ0v) is 12.5. The molecular formula is C14H18ClN3O3. The van der Waals surface area contributed by atoms with Crippen molar-refractivity contribution in [3.8, 4) is 0 Å². The molecule has 1 atom stereocenters. The molecule has 3 rings (SSSR count). The van der Waals surface area contributed by atoms with Crippen molar-refractivity contribution in [1.82, 2.24) is 10.3 Å². The maximum absolute atomic E-state index is 12.4. The molecule has 1 aromatic carbocycles. The molecule has 7 heteroatoms. The van der Waals surface area contributed by atoms with E-state index < -0.39 is 11.3 Å². The van der Waals surface area contributed by atoms with Gasteiger partial charge in [0.2, 0.25) is 5.91 Å². The average Bonchev–Trinajstić information content (AvgIpc) is 3.04. The van der Waals surface area contributed by atoms with Crippen LogP contribution in [0.3, 0.4) is 0 Å². The lowest BCUT2D eigenvalue weighted by atomic mass is 9.93. The summed E-state index contributed by atoms with van der Waals surface area (Å²) in [6.07, 6.45) is 2.61. The van der Waals surface area contributed by atoms with E-state index >= 15 is 0 Å². The highest BCUT2D eigenvalue weighted by atomic mass is 35.5. The molecule has 0 spiro atoms. The molecular weight excluding hydrogens is 294 g/mol. The molecule has 0 radical (unpaired) electrons. The third-order valence-corrected chi connectivity index (χ3v) is 3.96. The molecule has 1 aromatic heterocycles. The first-order valence-electron chi connectivity index (χ1n) is 6.82. The molecule has 0 bridgehead atoms. The average molecular weight is 312 g/mol. The number of anilines is 1. The molecule has 2 heterocycles. The fourth-order valence-electron chi connectivity index (χ4n) is 2.74. The van der Waals surface area contributed by atoms with Crippen molar-refractivity contribution in [1.29, 1.82) is 0 Å². The summed E-state index contributed by atoms with van der Waals surface area (Å²) in [7, 11) is 0. The van der Waals surface area contributed by atoms with Gasteiger partial charge in [0, 0.05) is 5.69 Å². The van der Waals surface area contributed by atoms with E-state index in [0.29, 0.717) is 16.8 Å². The van der Waals surface area contributed by atoms with Gasteiger partial charge in [-0.15, -0.1) is 12.4 Å². The van der Waals surface area contributed by atoms with Crippen molar-refractivity contribution in [2.75, 3.05) is 11.9 Å². The first kappa shape index (κ1) is 15.6. The van der Waals surface area contributed by atoms with Gasteiger partial charge in [-0.05, 0) is 44.0 Å². The van der Waals surface area contributed by atoms with Gasteiger partial charge in [-0.3, -0.25) is 9.78 Å².